The third-order valence-corrected chi connectivity index (χ3v) is 3.83. The molecule has 1 saturated carbocycles. The standard InChI is InChI=1S/C19H18F3N3O/c1-2-26-24-18(12-25-10-9-23-13-25)16-8-7-15(6-5-14-3-4-14)11-17(16)19(20,21)22/h7-11,13-14H,2-4,12H2,1H3/b24-18+. The summed E-state index contributed by atoms with van der Waals surface area (Å²) in [6.07, 6.45) is 2.25. The Balaban J connectivity index is 2.00. The molecule has 1 fully saturated rings. The molecule has 26 heavy (non-hydrogen) atoms. The first-order chi connectivity index (χ1) is 12.5. The van der Waals surface area contributed by atoms with Gasteiger partial charge in [0.1, 0.15) is 12.3 Å². The first-order valence-electron chi connectivity index (χ1n) is 8.35. The summed E-state index contributed by atoms with van der Waals surface area (Å²) >= 11 is 0. The lowest BCUT2D eigenvalue weighted by molar-refractivity contribution is -0.137. The maximum absolute atomic E-state index is 13.6. The highest BCUT2D eigenvalue weighted by Crippen LogP contribution is 2.33. The zero-order valence-electron chi connectivity index (χ0n) is 14.3. The van der Waals surface area contributed by atoms with Crippen LogP contribution in [0.4, 0.5) is 13.2 Å². The molecule has 1 aromatic carbocycles. The minimum absolute atomic E-state index is 0.0170. The Morgan fingerprint density at radius 3 is 2.81 bits per heavy atom. The van der Waals surface area contributed by atoms with Crippen LogP contribution in [0.5, 0.6) is 0 Å². The summed E-state index contributed by atoms with van der Waals surface area (Å²) in [6.45, 7) is 2.11. The molecule has 0 N–H and O–H groups in total. The number of alkyl halides is 3. The van der Waals surface area contributed by atoms with Gasteiger partial charge in [-0.3, -0.25) is 0 Å². The fourth-order valence-electron chi connectivity index (χ4n) is 2.38. The van der Waals surface area contributed by atoms with Crippen LogP contribution in [0.1, 0.15) is 36.5 Å². The average molecular weight is 361 g/mol. The van der Waals surface area contributed by atoms with Gasteiger partial charge in [0.2, 0.25) is 0 Å². The van der Waals surface area contributed by atoms with E-state index in [4.69, 9.17) is 4.84 Å². The number of aromatic nitrogens is 2. The number of nitrogens with zero attached hydrogens (tertiary/aromatic N) is 3. The summed E-state index contributed by atoms with van der Waals surface area (Å²) < 4.78 is 42.6. The first-order valence-corrected chi connectivity index (χ1v) is 8.35. The van der Waals surface area contributed by atoms with E-state index >= 15 is 0 Å². The largest absolute Gasteiger partial charge is 0.417 e. The number of rotatable bonds is 5. The summed E-state index contributed by atoms with van der Waals surface area (Å²) in [7, 11) is 0. The molecule has 7 heteroatoms. The predicted molar refractivity (Wildman–Crippen MR) is 91.4 cm³/mol. The van der Waals surface area contributed by atoms with Crippen molar-refractivity contribution in [2.45, 2.75) is 32.5 Å². The zero-order chi connectivity index (χ0) is 18.6. The van der Waals surface area contributed by atoms with Crippen LogP contribution in [0.15, 0.2) is 42.1 Å². The lowest BCUT2D eigenvalue weighted by Crippen LogP contribution is -2.18. The fourth-order valence-corrected chi connectivity index (χ4v) is 2.38. The second-order valence-electron chi connectivity index (χ2n) is 5.99. The van der Waals surface area contributed by atoms with E-state index in [0.29, 0.717) is 11.5 Å². The molecule has 0 saturated heterocycles. The monoisotopic (exact) mass is 361 g/mol. The van der Waals surface area contributed by atoms with Crippen molar-refractivity contribution in [1.82, 2.24) is 9.55 Å². The quantitative estimate of drug-likeness (QED) is 0.457. The van der Waals surface area contributed by atoms with Gasteiger partial charge in [-0.05, 0) is 31.9 Å². The molecule has 0 aliphatic heterocycles. The van der Waals surface area contributed by atoms with E-state index in [1.54, 1.807) is 30.0 Å². The van der Waals surface area contributed by atoms with Crippen molar-refractivity contribution in [3.8, 4) is 11.8 Å². The maximum atomic E-state index is 13.6. The highest BCUT2D eigenvalue weighted by molar-refractivity contribution is 6.01. The van der Waals surface area contributed by atoms with Crippen molar-refractivity contribution in [1.29, 1.82) is 0 Å². The van der Waals surface area contributed by atoms with Crippen molar-refractivity contribution < 1.29 is 18.0 Å². The van der Waals surface area contributed by atoms with Crippen LogP contribution in [0.2, 0.25) is 0 Å². The van der Waals surface area contributed by atoms with Gasteiger partial charge in [-0.1, -0.05) is 23.1 Å². The van der Waals surface area contributed by atoms with Crippen LogP contribution >= 0.6 is 0 Å². The van der Waals surface area contributed by atoms with Gasteiger partial charge in [0.25, 0.3) is 0 Å². The zero-order valence-corrected chi connectivity index (χ0v) is 14.3. The van der Waals surface area contributed by atoms with Gasteiger partial charge in [0.05, 0.1) is 18.4 Å². The first kappa shape index (κ1) is 18.1. The molecule has 0 atom stereocenters. The SMILES string of the molecule is CCO/N=C(\Cn1ccnc1)c1ccc(C#CC2CC2)cc1C(F)(F)F. The van der Waals surface area contributed by atoms with Gasteiger partial charge < -0.3 is 9.40 Å². The van der Waals surface area contributed by atoms with Gasteiger partial charge in [-0.25, -0.2) is 4.98 Å². The molecule has 1 heterocycles. The third-order valence-electron chi connectivity index (χ3n) is 3.83. The summed E-state index contributed by atoms with van der Waals surface area (Å²) in [6, 6.07) is 4.09. The van der Waals surface area contributed by atoms with Crippen LogP contribution in [0, 0.1) is 17.8 Å². The number of oxime groups is 1. The summed E-state index contributed by atoms with van der Waals surface area (Å²) in [5.74, 6) is 6.14. The van der Waals surface area contributed by atoms with Gasteiger partial charge in [0, 0.05) is 29.4 Å². The van der Waals surface area contributed by atoms with Crippen molar-refractivity contribution in [2.75, 3.05) is 6.61 Å². The van der Waals surface area contributed by atoms with Crippen LogP contribution < -0.4 is 0 Å². The molecule has 0 spiro atoms. The lowest BCUT2D eigenvalue weighted by atomic mass is 9.99. The summed E-state index contributed by atoms with van der Waals surface area (Å²) in [4.78, 5) is 8.95. The number of benzene rings is 1. The highest BCUT2D eigenvalue weighted by atomic mass is 19.4. The molecule has 3 rings (SSSR count). The van der Waals surface area contributed by atoms with Crippen LogP contribution in [-0.2, 0) is 17.6 Å². The maximum Gasteiger partial charge on any atom is 0.417 e. The van der Waals surface area contributed by atoms with Gasteiger partial charge in [-0.2, -0.15) is 13.2 Å². The van der Waals surface area contributed by atoms with E-state index in [0.717, 1.165) is 18.9 Å². The van der Waals surface area contributed by atoms with Crippen molar-refractivity contribution in [3.05, 3.63) is 53.6 Å². The van der Waals surface area contributed by atoms with Gasteiger partial charge in [-0.15, -0.1) is 0 Å². The molecule has 0 bridgehead atoms. The van der Waals surface area contributed by atoms with E-state index in [1.807, 2.05) is 0 Å². The lowest BCUT2D eigenvalue weighted by Gasteiger charge is -2.15. The summed E-state index contributed by atoms with van der Waals surface area (Å²) in [5.41, 5.74) is -0.250. The number of hydrogen-bond donors (Lipinski definition) is 0. The van der Waals surface area contributed by atoms with E-state index in [1.165, 1.54) is 12.4 Å². The van der Waals surface area contributed by atoms with Gasteiger partial charge in [0.15, 0.2) is 0 Å². The molecule has 0 amide bonds. The predicted octanol–water partition coefficient (Wildman–Crippen LogP) is 4.10. The Morgan fingerprint density at radius 1 is 1.38 bits per heavy atom. The Labute approximate surface area is 149 Å². The normalized spacial score (nSPS) is 14.7. The molecular formula is C19H18F3N3O. The van der Waals surface area contributed by atoms with Crippen molar-refractivity contribution in [2.24, 2.45) is 11.1 Å². The Morgan fingerprint density at radius 2 is 2.19 bits per heavy atom. The topological polar surface area (TPSA) is 39.4 Å². The van der Waals surface area contributed by atoms with Crippen LogP contribution in [0.25, 0.3) is 0 Å². The minimum atomic E-state index is -4.52. The molecule has 136 valence electrons. The Kier molecular flexibility index (Phi) is 5.31. The molecule has 0 radical (unpaired) electrons. The second kappa shape index (κ2) is 7.65. The molecule has 1 aliphatic rings. The molecule has 2 aromatic rings. The van der Waals surface area contributed by atoms with E-state index in [2.05, 4.69) is 22.0 Å². The van der Waals surface area contributed by atoms with E-state index in [-0.39, 0.29) is 24.4 Å². The van der Waals surface area contributed by atoms with E-state index < -0.39 is 11.7 Å². The van der Waals surface area contributed by atoms with Gasteiger partial charge >= 0.3 is 6.18 Å². The molecule has 1 aliphatic carbocycles. The average Bonchev–Trinajstić information content (AvgIpc) is 3.30. The Bertz CT molecular complexity index is 841. The van der Waals surface area contributed by atoms with Crippen molar-refractivity contribution >= 4 is 5.71 Å². The number of imidazole rings is 1. The number of halogens is 3. The summed E-state index contributed by atoms with van der Waals surface area (Å²) in [5, 5.41) is 3.91. The number of hydrogen-bond acceptors (Lipinski definition) is 3. The smallest absolute Gasteiger partial charge is 0.396 e. The molecule has 4 nitrogen and oxygen atoms in total. The minimum Gasteiger partial charge on any atom is -0.396 e. The third kappa shape index (κ3) is 4.66. The van der Waals surface area contributed by atoms with Crippen LogP contribution in [0.3, 0.4) is 0 Å². The fraction of sp³-hybridized carbons (Fsp3) is 0.368. The molecule has 0 unspecified atom stereocenters. The van der Waals surface area contributed by atoms with Crippen molar-refractivity contribution in [3.63, 3.8) is 0 Å². The second-order valence-corrected chi connectivity index (χ2v) is 5.99. The Hall–Kier alpha value is -2.75. The highest BCUT2D eigenvalue weighted by Gasteiger charge is 2.35. The van der Waals surface area contributed by atoms with Crippen LogP contribution in [-0.4, -0.2) is 21.9 Å². The van der Waals surface area contributed by atoms with E-state index in [9.17, 15) is 13.2 Å². The molecular weight excluding hydrogens is 343 g/mol. The molecule has 1 aromatic heterocycles.